The minimum absolute atomic E-state index is 0.0294. The minimum Gasteiger partial charge on any atom is -0.507 e. The number of morpholine rings is 1. The topological polar surface area (TPSA) is 97.8 Å². The number of aliphatic hydroxyl groups excluding tert-OH is 1. The van der Waals surface area contributed by atoms with Crippen LogP contribution in [0.3, 0.4) is 0 Å². The van der Waals surface area contributed by atoms with E-state index in [1.54, 1.807) is 42.5 Å². The largest absolute Gasteiger partial charge is 0.507 e. The lowest BCUT2D eigenvalue weighted by atomic mass is 9.95. The summed E-state index contributed by atoms with van der Waals surface area (Å²) in [5, 5.41) is 11.3. The van der Waals surface area contributed by atoms with Crippen molar-refractivity contribution in [1.82, 2.24) is 9.80 Å². The van der Waals surface area contributed by atoms with E-state index in [0.717, 1.165) is 13.1 Å². The Morgan fingerprint density at radius 2 is 1.89 bits per heavy atom. The molecule has 1 N–H and O–H groups in total. The molecule has 0 saturated carbocycles. The Kier molecular flexibility index (Phi) is 6.92. The van der Waals surface area contributed by atoms with Crippen LogP contribution in [0, 0.1) is 0 Å². The Hall–Kier alpha value is -3.82. The van der Waals surface area contributed by atoms with Crippen molar-refractivity contribution in [1.29, 1.82) is 0 Å². The van der Waals surface area contributed by atoms with Gasteiger partial charge in [-0.1, -0.05) is 24.8 Å². The van der Waals surface area contributed by atoms with E-state index < -0.39 is 17.7 Å². The van der Waals surface area contributed by atoms with Crippen LogP contribution in [0.25, 0.3) is 5.76 Å². The van der Waals surface area contributed by atoms with Crippen LogP contribution in [0.15, 0.2) is 60.7 Å². The molecule has 0 radical (unpaired) electrons. The number of ketones is 1. The molecule has 3 aliphatic heterocycles. The van der Waals surface area contributed by atoms with Gasteiger partial charge in [0.1, 0.15) is 18.1 Å². The van der Waals surface area contributed by atoms with Crippen molar-refractivity contribution in [3.8, 4) is 17.2 Å². The standard InChI is InChI=1S/C27H28N2O7/c1-2-12-34-20-5-3-4-18(15-20)24-23(25(30)19-6-7-21-22(16-19)36-17-35-21)26(31)27(32)29(24)9-8-28-10-13-33-14-11-28/h2-7,15-16,24,30H,1,8-14,17H2. The molecule has 9 nitrogen and oxygen atoms in total. The van der Waals surface area contributed by atoms with Gasteiger partial charge in [-0.2, -0.15) is 0 Å². The van der Waals surface area contributed by atoms with Gasteiger partial charge in [-0.25, -0.2) is 0 Å². The van der Waals surface area contributed by atoms with Crippen molar-refractivity contribution in [2.45, 2.75) is 6.04 Å². The third-order valence-electron chi connectivity index (χ3n) is 6.49. The second-order valence-electron chi connectivity index (χ2n) is 8.69. The summed E-state index contributed by atoms with van der Waals surface area (Å²) in [6, 6.07) is 11.4. The molecular weight excluding hydrogens is 464 g/mol. The van der Waals surface area contributed by atoms with Crippen LogP contribution in [0.1, 0.15) is 17.2 Å². The number of carbonyl (C=O) groups is 2. The zero-order valence-corrected chi connectivity index (χ0v) is 19.9. The zero-order valence-electron chi connectivity index (χ0n) is 19.9. The van der Waals surface area contributed by atoms with Crippen LogP contribution in [-0.4, -0.2) is 79.4 Å². The lowest BCUT2D eigenvalue weighted by Crippen LogP contribution is -2.42. The first-order valence-corrected chi connectivity index (χ1v) is 11.9. The lowest BCUT2D eigenvalue weighted by molar-refractivity contribution is -0.140. The number of hydrogen-bond acceptors (Lipinski definition) is 8. The van der Waals surface area contributed by atoms with Gasteiger partial charge in [0, 0.05) is 31.7 Å². The average molecular weight is 493 g/mol. The first-order valence-electron chi connectivity index (χ1n) is 11.9. The number of carbonyl (C=O) groups excluding carboxylic acids is 2. The molecule has 5 rings (SSSR count). The number of Topliss-reactive ketones (excluding diaryl/α,β-unsaturated/α-hetero) is 1. The highest BCUT2D eigenvalue weighted by Crippen LogP contribution is 2.42. The Balaban J connectivity index is 1.54. The molecule has 2 saturated heterocycles. The SMILES string of the molecule is C=CCOc1cccc(C2C(=C(O)c3ccc4c(c3)OCO4)C(=O)C(=O)N2CCN2CCOCC2)c1. The summed E-state index contributed by atoms with van der Waals surface area (Å²) in [6.45, 7) is 7.78. The summed E-state index contributed by atoms with van der Waals surface area (Å²) < 4.78 is 21.9. The average Bonchev–Trinajstić information content (AvgIpc) is 3.48. The Morgan fingerprint density at radius 3 is 2.69 bits per heavy atom. The fourth-order valence-corrected chi connectivity index (χ4v) is 4.66. The molecule has 0 aromatic heterocycles. The zero-order chi connectivity index (χ0) is 25.1. The van der Waals surface area contributed by atoms with Crippen LogP contribution in [0.4, 0.5) is 0 Å². The molecule has 1 unspecified atom stereocenters. The van der Waals surface area contributed by atoms with E-state index in [9.17, 15) is 14.7 Å². The number of rotatable bonds is 8. The van der Waals surface area contributed by atoms with Crippen LogP contribution in [-0.2, 0) is 14.3 Å². The van der Waals surface area contributed by atoms with Crippen molar-refractivity contribution >= 4 is 17.4 Å². The second kappa shape index (κ2) is 10.4. The third kappa shape index (κ3) is 4.67. The van der Waals surface area contributed by atoms with Crippen LogP contribution >= 0.6 is 0 Å². The van der Waals surface area contributed by atoms with Crippen LogP contribution in [0.5, 0.6) is 17.2 Å². The molecule has 3 heterocycles. The highest BCUT2D eigenvalue weighted by molar-refractivity contribution is 6.46. The van der Waals surface area contributed by atoms with Crippen LogP contribution < -0.4 is 14.2 Å². The first kappa shape index (κ1) is 23.9. The summed E-state index contributed by atoms with van der Waals surface area (Å²) in [4.78, 5) is 30.3. The summed E-state index contributed by atoms with van der Waals surface area (Å²) in [7, 11) is 0. The smallest absolute Gasteiger partial charge is 0.295 e. The number of hydrogen-bond donors (Lipinski definition) is 1. The van der Waals surface area contributed by atoms with E-state index in [0.29, 0.717) is 61.3 Å². The van der Waals surface area contributed by atoms with Gasteiger partial charge in [0.25, 0.3) is 11.7 Å². The molecule has 3 aliphatic rings. The first-order chi connectivity index (χ1) is 17.6. The predicted molar refractivity (Wildman–Crippen MR) is 131 cm³/mol. The maximum Gasteiger partial charge on any atom is 0.295 e. The fourth-order valence-electron chi connectivity index (χ4n) is 4.66. The minimum atomic E-state index is -0.774. The molecule has 188 valence electrons. The molecule has 1 amide bonds. The summed E-state index contributed by atoms with van der Waals surface area (Å²) >= 11 is 0. The van der Waals surface area contributed by atoms with Gasteiger partial charge >= 0.3 is 0 Å². The Labute approximate surface area is 209 Å². The highest BCUT2D eigenvalue weighted by atomic mass is 16.7. The molecule has 0 bridgehead atoms. The van der Waals surface area contributed by atoms with E-state index in [1.165, 1.54) is 4.90 Å². The van der Waals surface area contributed by atoms with Crippen molar-refractivity contribution in [3.05, 3.63) is 71.8 Å². The van der Waals surface area contributed by atoms with E-state index in [1.807, 2.05) is 6.07 Å². The molecule has 0 aliphatic carbocycles. The molecular formula is C27H28N2O7. The van der Waals surface area contributed by atoms with Crippen molar-refractivity contribution < 1.29 is 33.6 Å². The van der Waals surface area contributed by atoms with Crippen molar-refractivity contribution in [3.63, 3.8) is 0 Å². The number of amides is 1. The molecule has 9 heteroatoms. The van der Waals surface area contributed by atoms with Gasteiger partial charge < -0.3 is 29.0 Å². The monoisotopic (exact) mass is 492 g/mol. The van der Waals surface area contributed by atoms with Crippen LogP contribution in [0.2, 0.25) is 0 Å². The number of likely N-dealkylation sites (tertiary alicyclic amines) is 1. The summed E-state index contributed by atoms with van der Waals surface area (Å²) in [5.41, 5.74) is 1.07. The Morgan fingerprint density at radius 1 is 1.08 bits per heavy atom. The van der Waals surface area contributed by atoms with Gasteiger partial charge in [-0.3, -0.25) is 14.5 Å². The van der Waals surface area contributed by atoms with E-state index in [2.05, 4.69) is 11.5 Å². The molecule has 36 heavy (non-hydrogen) atoms. The maximum atomic E-state index is 13.3. The number of nitrogens with zero attached hydrogens (tertiary/aromatic N) is 2. The predicted octanol–water partition coefficient (Wildman–Crippen LogP) is 2.73. The molecule has 1 atom stereocenters. The molecule has 0 spiro atoms. The second-order valence-corrected chi connectivity index (χ2v) is 8.69. The maximum absolute atomic E-state index is 13.3. The van der Waals surface area contributed by atoms with Crippen molar-refractivity contribution in [2.24, 2.45) is 0 Å². The van der Waals surface area contributed by atoms with Crippen molar-refractivity contribution in [2.75, 3.05) is 52.8 Å². The normalized spacial score (nSPS) is 21.1. The van der Waals surface area contributed by atoms with E-state index in [-0.39, 0.29) is 18.1 Å². The van der Waals surface area contributed by atoms with Gasteiger partial charge in [-0.05, 0) is 35.9 Å². The Bertz CT molecular complexity index is 1200. The number of benzene rings is 2. The van der Waals surface area contributed by atoms with E-state index in [4.69, 9.17) is 18.9 Å². The quantitative estimate of drug-likeness (QED) is 0.260. The van der Waals surface area contributed by atoms with Gasteiger partial charge in [0.2, 0.25) is 6.79 Å². The van der Waals surface area contributed by atoms with Gasteiger partial charge in [0.15, 0.2) is 11.5 Å². The molecule has 2 aromatic rings. The fraction of sp³-hybridized carbons (Fsp3) is 0.333. The molecule has 2 fully saturated rings. The van der Waals surface area contributed by atoms with Gasteiger partial charge in [0.05, 0.1) is 24.8 Å². The third-order valence-corrected chi connectivity index (χ3v) is 6.49. The number of aliphatic hydroxyl groups is 1. The van der Waals surface area contributed by atoms with Gasteiger partial charge in [-0.15, -0.1) is 0 Å². The molecule has 2 aromatic carbocycles. The number of fused-ring (bicyclic) bond motifs is 1. The summed E-state index contributed by atoms with van der Waals surface area (Å²) in [6.07, 6.45) is 1.64. The highest BCUT2D eigenvalue weighted by Gasteiger charge is 2.46. The van der Waals surface area contributed by atoms with E-state index >= 15 is 0 Å². The summed E-state index contributed by atoms with van der Waals surface area (Å²) in [5.74, 6) is -0.0298. The number of ether oxygens (including phenoxy) is 4. The lowest BCUT2D eigenvalue weighted by Gasteiger charge is -2.31.